The zero-order valence-corrected chi connectivity index (χ0v) is 12.3. The Balaban J connectivity index is 0.000000220. The molecule has 0 saturated heterocycles. The van der Waals surface area contributed by atoms with Gasteiger partial charge in [-0.25, -0.2) is 11.7 Å². The molecule has 2 aliphatic rings. The molecule has 22 heavy (non-hydrogen) atoms. The summed E-state index contributed by atoms with van der Waals surface area (Å²) in [6.07, 6.45) is 8.28. The molecule has 0 bridgehead atoms. The van der Waals surface area contributed by atoms with Crippen molar-refractivity contribution in [1.29, 1.82) is 0 Å². The lowest BCUT2D eigenvalue weighted by atomic mass is 9.92. The van der Waals surface area contributed by atoms with Gasteiger partial charge in [0.15, 0.2) is 0 Å². The monoisotopic (exact) mass is 312 g/mol. The van der Waals surface area contributed by atoms with Crippen LogP contribution in [0.15, 0.2) is 24.3 Å². The Hall–Kier alpha value is -1.74. The van der Waals surface area contributed by atoms with Crippen molar-refractivity contribution in [1.82, 2.24) is 10.9 Å². The Morgan fingerprint density at radius 1 is 0.864 bits per heavy atom. The van der Waals surface area contributed by atoms with E-state index in [1.165, 1.54) is 0 Å². The summed E-state index contributed by atoms with van der Waals surface area (Å²) in [6.45, 7) is 0. The molecular weight excluding hydrogens is 288 g/mol. The second kappa shape index (κ2) is 9.31. The van der Waals surface area contributed by atoms with Gasteiger partial charge in [0.25, 0.3) is 0 Å². The smallest absolute Gasteiger partial charge is 0.237 e. The average Bonchev–Trinajstić information content (AvgIpc) is 2.54. The number of nitrogens with two attached hydrogens (primary N) is 2. The van der Waals surface area contributed by atoms with Crippen LogP contribution in [0.4, 0.5) is 0 Å². The summed E-state index contributed by atoms with van der Waals surface area (Å²) in [5.41, 5.74) is 4.14. The van der Waals surface area contributed by atoms with E-state index >= 15 is 0 Å². The molecule has 4 atom stereocenters. The summed E-state index contributed by atoms with van der Waals surface area (Å²) in [5, 5.41) is 18.2. The van der Waals surface area contributed by atoms with E-state index in [4.69, 9.17) is 21.9 Å². The fourth-order valence-corrected chi connectivity index (χ4v) is 2.40. The second-order valence-electron chi connectivity index (χ2n) is 5.34. The molecule has 0 unspecified atom stereocenters. The van der Waals surface area contributed by atoms with E-state index < -0.39 is 12.2 Å². The van der Waals surface area contributed by atoms with Crippen LogP contribution in [-0.4, -0.2) is 34.2 Å². The number of hydrogen-bond donors (Lipinski definition) is 6. The number of nitrogens with one attached hydrogen (secondary N) is 2. The SMILES string of the molecule is NNC(=O)[C@@H]1CC=C[C@H](O)C1.NNC(=O)[C@H]1CC=C[C@@H](O)C1. The number of hydrogen-bond acceptors (Lipinski definition) is 6. The molecule has 0 heterocycles. The Labute approximate surface area is 129 Å². The summed E-state index contributed by atoms with van der Waals surface area (Å²) < 4.78 is 0. The van der Waals surface area contributed by atoms with E-state index in [0.717, 1.165) is 0 Å². The maximum absolute atomic E-state index is 10.9. The Bertz CT molecular complexity index is 399. The van der Waals surface area contributed by atoms with Crippen molar-refractivity contribution >= 4 is 11.8 Å². The summed E-state index contributed by atoms with van der Waals surface area (Å²) in [5.74, 6) is 9.15. The number of aliphatic hydroxyl groups is 2. The van der Waals surface area contributed by atoms with Crippen molar-refractivity contribution in [2.75, 3.05) is 0 Å². The molecule has 0 aromatic heterocycles. The van der Waals surface area contributed by atoms with E-state index in [1.54, 1.807) is 24.3 Å². The molecule has 0 aromatic rings. The van der Waals surface area contributed by atoms with Gasteiger partial charge in [0.1, 0.15) is 0 Å². The minimum Gasteiger partial charge on any atom is -0.389 e. The minimum absolute atomic E-state index is 0.167. The lowest BCUT2D eigenvalue weighted by Crippen LogP contribution is -2.37. The van der Waals surface area contributed by atoms with Gasteiger partial charge < -0.3 is 10.2 Å². The molecule has 8 nitrogen and oxygen atoms in total. The van der Waals surface area contributed by atoms with Crippen LogP contribution in [0.5, 0.6) is 0 Å². The molecule has 0 saturated carbocycles. The maximum atomic E-state index is 10.9. The van der Waals surface area contributed by atoms with Crippen molar-refractivity contribution in [3.05, 3.63) is 24.3 Å². The number of carbonyl (C=O) groups is 2. The van der Waals surface area contributed by atoms with E-state index in [1.807, 2.05) is 0 Å². The molecule has 8 N–H and O–H groups in total. The number of aliphatic hydroxyl groups excluding tert-OH is 2. The highest BCUT2D eigenvalue weighted by molar-refractivity contribution is 5.78. The third kappa shape index (κ3) is 5.94. The molecule has 0 aromatic carbocycles. The molecule has 8 heteroatoms. The van der Waals surface area contributed by atoms with E-state index in [9.17, 15) is 9.59 Å². The first-order valence-electron chi connectivity index (χ1n) is 7.18. The molecule has 0 spiro atoms. The first kappa shape index (κ1) is 18.3. The number of amides is 2. The van der Waals surface area contributed by atoms with Crippen LogP contribution in [0, 0.1) is 11.8 Å². The van der Waals surface area contributed by atoms with Gasteiger partial charge >= 0.3 is 0 Å². The van der Waals surface area contributed by atoms with Crippen LogP contribution in [0.3, 0.4) is 0 Å². The average molecular weight is 312 g/mol. The predicted octanol–water partition coefficient (Wildman–Crippen LogP) is -1.39. The molecular formula is C14H24N4O4. The quantitative estimate of drug-likeness (QED) is 0.160. The number of hydrazine groups is 2. The standard InChI is InChI=1S/2C7H12N2O2/c2*8-9-7(11)5-2-1-3-6(10)4-5/h2*1,3,5-6,10H,2,4,8H2,(H,9,11)/t2*5-,6+/m10/s1. The Morgan fingerprint density at radius 3 is 1.50 bits per heavy atom. The third-order valence-electron chi connectivity index (χ3n) is 3.64. The highest BCUT2D eigenvalue weighted by Crippen LogP contribution is 2.18. The molecule has 0 aliphatic heterocycles. The first-order valence-corrected chi connectivity index (χ1v) is 7.18. The summed E-state index contributed by atoms with van der Waals surface area (Å²) in [4.78, 5) is 21.9. The molecule has 2 aliphatic carbocycles. The second-order valence-corrected chi connectivity index (χ2v) is 5.34. The van der Waals surface area contributed by atoms with Crippen molar-refractivity contribution in [3.8, 4) is 0 Å². The highest BCUT2D eigenvalue weighted by atomic mass is 16.3. The molecule has 0 radical (unpaired) electrons. The summed E-state index contributed by atoms with van der Waals surface area (Å²) in [6, 6.07) is 0. The number of allylic oxidation sites excluding steroid dienone is 2. The zero-order valence-electron chi connectivity index (χ0n) is 12.3. The van der Waals surface area contributed by atoms with E-state index in [2.05, 4.69) is 10.9 Å². The van der Waals surface area contributed by atoms with Gasteiger partial charge in [0, 0.05) is 11.8 Å². The lowest BCUT2D eigenvalue weighted by molar-refractivity contribution is -0.126. The van der Waals surface area contributed by atoms with Crippen LogP contribution in [0.2, 0.25) is 0 Å². The van der Waals surface area contributed by atoms with Crippen LogP contribution < -0.4 is 22.5 Å². The fourth-order valence-electron chi connectivity index (χ4n) is 2.40. The van der Waals surface area contributed by atoms with Crippen molar-refractivity contribution in [3.63, 3.8) is 0 Å². The predicted molar refractivity (Wildman–Crippen MR) is 80.4 cm³/mol. The third-order valence-corrected chi connectivity index (χ3v) is 3.64. The van der Waals surface area contributed by atoms with Gasteiger partial charge in [0.2, 0.25) is 11.8 Å². The molecule has 2 rings (SSSR count). The van der Waals surface area contributed by atoms with Gasteiger partial charge in [-0.05, 0) is 25.7 Å². The topological polar surface area (TPSA) is 151 Å². The van der Waals surface area contributed by atoms with E-state index in [-0.39, 0.29) is 23.7 Å². The van der Waals surface area contributed by atoms with E-state index in [0.29, 0.717) is 25.7 Å². The molecule has 0 fully saturated rings. The highest BCUT2D eigenvalue weighted by Gasteiger charge is 2.22. The lowest BCUT2D eigenvalue weighted by Gasteiger charge is -2.19. The Kier molecular flexibility index (Phi) is 7.75. The van der Waals surface area contributed by atoms with Gasteiger partial charge in [-0.3, -0.25) is 20.4 Å². The van der Waals surface area contributed by atoms with Crippen LogP contribution in [-0.2, 0) is 9.59 Å². The van der Waals surface area contributed by atoms with Gasteiger partial charge in [0.05, 0.1) is 12.2 Å². The fraction of sp³-hybridized carbons (Fsp3) is 0.571. The maximum Gasteiger partial charge on any atom is 0.237 e. The molecule has 2 amide bonds. The number of rotatable bonds is 2. The largest absolute Gasteiger partial charge is 0.389 e. The Morgan fingerprint density at radius 2 is 1.23 bits per heavy atom. The van der Waals surface area contributed by atoms with Crippen molar-refractivity contribution < 1.29 is 19.8 Å². The number of carbonyl (C=O) groups excluding carboxylic acids is 2. The van der Waals surface area contributed by atoms with Crippen LogP contribution >= 0.6 is 0 Å². The van der Waals surface area contributed by atoms with Gasteiger partial charge in [-0.1, -0.05) is 24.3 Å². The van der Waals surface area contributed by atoms with Gasteiger partial charge in [-0.2, -0.15) is 0 Å². The van der Waals surface area contributed by atoms with Crippen molar-refractivity contribution in [2.24, 2.45) is 23.5 Å². The minimum atomic E-state index is -0.494. The zero-order chi connectivity index (χ0) is 16.5. The van der Waals surface area contributed by atoms with Crippen LogP contribution in [0.1, 0.15) is 25.7 Å². The van der Waals surface area contributed by atoms with Crippen molar-refractivity contribution in [2.45, 2.75) is 37.9 Å². The van der Waals surface area contributed by atoms with Crippen LogP contribution in [0.25, 0.3) is 0 Å². The summed E-state index contributed by atoms with van der Waals surface area (Å²) >= 11 is 0. The normalized spacial score (nSPS) is 30.0. The molecule has 124 valence electrons. The van der Waals surface area contributed by atoms with Gasteiger partial charge in [-0.15, -0.1) is 0 Å². The first-order chi connectivity index (χ1) is 10.5. The summed E-state index contributed by atoms with van der Waals surface area (Å²) in [7, 11) is 0.